The van der Waals surface area contributed by atoms with Crippen molar-refractivity contribution in [1.29, 1.82) is 5.26 Å². The summed E-state index contributed by atoms with van der Waals surface area (Å²) in [5.74, 6) is 0.626. The zero-order valence-electron chi connectivity index (χ0n) is 11.5. The van der Waals surface area contributed by atoms with Crippen molar-refractivity contribution < 1.29 is 0 Å². The van der Waals surface area contributed by atoms with Crippen molar-refractivity contribution in [3.63, 3.8) is 0 Å². The van der Waals surface area contributed by atoms with Gasteiger partial charge in [0.15, 0.2) is 11.1 Å². The predicted octanol–water partition coefficient (Wildman–Crippen LogP) is 1.27. The van der Waals surface area contributed by atoms with Gasteiger partial charge < -0.3 is 15.5 Å². The number of guanidine groups is 1. The molecule has 20 heavy (non-hydrogen) atoms. The Labute approximate surface area is 123 Å². The molecule has 0 aliphatic carbocycles. The molecule has 2 N–H and O–H groups in total. The van der Waals surface area contributed by atoms with Crippen LogP contribution in [0.2, 0.25) is 0 Å². The molecule has 1 aliphatic rings. The number of piperazine rings is 1. The summed E-state index contributed by atoms with van der Waals surface area (Å²) in [6.07, 6.45) is 4.25. The first-order chi connectivity index (χ1) is 9.81. The molecule has 1 aromatic heterocycles. The molecule has 0 spiro atoms. The molecule has 1 fully saturated rings. The van der Waals surface area contributed by atoms with Gasteiger partial charge in [-0.3, -0.25) is 4.99 Å². The third-order valence-electron chi connectivity index (χ3n) is 3.26. The monoisotopic (exact) mass is 292 g/mol. The summed E-state index contributed by atoms with van der Waals surface area (Å²) < 4.78 is 0. The molecule has 6 nitrogen and oxygen atoms in total. The molecule has 0 bridgehead atoms. The van der Waals surface area contributed by atoms with E-state index < -0.39 is 0 Å². The van der Waals surface area contributed by atoms with Crippen molar-refractivity contribution in [3.8, 4) is 6.07 Å². The maximum atomic E-state index is 8.45. The van der Waals surface area contributed by atoms with Gasteiger partial charge in [0.05, 0.1) is 6.07 Å². The van der Waals surface area contributed by atoms with Gasteiger partial charge in [0.1, 0.15) is 0 Å². The Balaban J connectivity index is 1.73. The van der Waals surface area contributed by atoms with Crippen LogP contribution in [0.4, 0.5) is 5.13 Å². The summed E-state index contributed by atoms with van der Waals surface area (Å²) in [7, 11) is 0. The zero-order chi connectivity index (χ0) is 14.2. The van der Waals surface area contributed by atoms with Gasteiger partial charge in [-0.1, -0.05) is 0 Å². The van der Waals surface area contributed by atoms with E-state index in [0.717, 1.165) is 44.2 Å². The van der Waals surface area contributed by atoms with E-state index in [1.807, 2.05) is 11.6 Å². The lowest BCUT2D eigenvalue weighted by molar-refractivity contribution is 0.380. The molecule has 2 heterocycles. The lowest BCUT2D eigenvalue weighted by Gasteiger charge is -2.35. The third-order valence-corrected chi connectivity index (χ3v) is 4.10. The molecule has 108 valence electrons. The first kappa shape index (κ1) is 14.6. The molecule has 0 unspecified atom stereocenters. The van der Waals surface area contributed by atoms with Crippen LogP contribution >= 0.6 is 11.3 Å². The Morgan fingerprint density at radius 1 is 1.40 bits per heavy atom. The highest BCUT2D eigenvalue weighted by atomic mass is 32.1. The molecule has 0 aromatic carbocycles. The lowest BCUT2D eigenvalue weighted by atomic mass is 10.2. The van der Waals surface area contributed by atoms with Crippen LogP contribution in [0.25, 0.3) is 0 Å². The number of nitrogens with zero attached hydrogens (tertiary/aromatic N) is 5. The summed E-state index contributed by atoms with van der Waals surface area (Å²) >= 11 is 1.67. The molecule has 1 aromatic rings. The van der Waals surface area contributed by atoms with Gasteiger partial charge in [0.2, 0.25) is 0 Å². The highest BCUT2D eigenvalue weighted by molar-refractivity contribution is 7.13. The van der Waals surface area contributed by atoms with E-state index in [2.05, 4.69) is 25.8 Å². The molecular weight excluding hydrogens is 272 g/mol. The molecule has 0 radical (unpaired) electrons. The van der Waals surface area contributed by atoms with Crippen LogP contribution in [-0.4, -0.2) is 48.6 Å². The molecule has 0 atom stereocenters. The highest BCUT2D eigenvalue weighted by Crippen LogP contribution is 2.18. The number of hydrogen-bond donors (Lipinski definition) is 1. The van der Waals surface area contributed by atoms with Crippen LogP contribution in [0.15, 0.2) is 16.6 Å². The maximum absolute atomic E-state index is 8.45. The average Bonchev–Trinajstić information content (AvgIpc) is 3.01. The number of unbranched alkanes of at least 4 members (excludes halogenated alkanes) is 2. The van der Waals surface area contributed by atoms with Crippen LogP contribution in [0, 0.1) is 11.3 Å². The van der Waals surface area contributed by atoms with Crippen molar-refractivity contribution in [3.05, 3.63) is 11.6 Å². The Hall–Kier alpha value is -1.81. The smallest absolute Gasteiger partial charge is 0.191 e. The van der Waals surface area contributed by atoms with Crippen LogP contribution < -0.4 is 10.6 Å². The van der Waals surface area contributed by atoms with Crippen molar-refractivity contribution in [2.45, 2.75) is 19.3 Å². The van der Waals surface area contributed by atoms with E-state index in [1.54, 1.807) is 11.3 Å². The molecule has 0 saturated carbocycles. The SMILES string of the molecule is N#CCCCCN=C(N)N1CCN(c2nccs2)CC1. The molecule has 1 saturated heterocycles. The van der Waals surface area contributed by atoms with Crippen molar-refractivity contribution >= 4 is 22.4 Å². The molecule has 1 aliphatic heterocycles. The second-order valence-corrected chi connectivity index (χ2v) is 5.52. The summed E-state index contributed by atoms with van der Waals surface area (Å²) in [4.78, 5) is 13.1. The fourth-order valence-electron chi connectivity index (χ4n) is 2.11. The van der Waals surface area contributed by atoms with E-state index in [0.29, 0.717) is 18.9 Å². The van der Waals surface area contributed by atoms with Crippen molar-refractivity contribution in [1.82, 2.24) is 9.88 Å². The minimum Gasteiger partial charge on any atom is -0.370 e. The van der Waals surface area contributed by atoms with E-state index in [9.17, 15) is 0 Å². The summed E-state index contributed by atoms with van der Waals surface area (Å²) in [5, 5.41) is 11.5. The Morgan fingerprint density at radius 2 is 2.20 bits per heavy atom. The number of anilines is 1. The Morgan fingerprint density at radius 3 is 2.85 bits per heavy atom. The number of aromatic nitrogens is 1. The van der Waals surface area contributed by atoms with E-state index in [-0.39, 0.29) is 0 Å². The van der Waals surface area contributed by atoms with Crippen LogP contribution in [0.1, 0.15) is 19.3 Å². The van der Waals surface area contributed by atoms with Crippen LogP contribution in [0.3, 0.4) is 0 Å². The topological polar surface area (TPSA) is 81.5 Å². The van der Waals surface area contributed by atoms with Crippen LogP contribution in [-0.2, 0) is 0 Å². The van der Waals surface area contributed by atoms with Gasteiger partial charge in [-0.2, -0.15) is 5.26 Å². The molecule has 2 rings (SSSR count). The molecular formula is C13H20N6S. The largest absolute Gasteiger partial charge is 0.370 e. The van der Waals surface area contributed by atoms with Gasteiger partial charge in [0.25, 0.3) is 0 Å². The summed E-state index contributed by atoms with van der Waals surface area (Å²) in [6.45, 7) is 4.33. The number of hydrogen-bond acceptors (Lipinski definition) is 5. The second kappa shape index (κ2) is 7.70. The first-order valence-electron chi connectivity index (χ1n) is 6.87. The number of thiazole rings is 1. The minimum atomic E-state index is 0.599. The standard InChI is InChI=1S/C13H20N6S/c14-4-2-1-3-5-16-12(15)18-7-9-19(10-8-18)13-17-6-11-20-13/h6,11H,1-3,5,7-10H2,(H2,15,16). The van der Waals surface area contributed by atoms with Crippen molar-refractivity contribution in [2.75, 3.05) is 37.6 Å². The van der Waals surface area contributed by atoms with Gasteiger partial charge in [-0.05, 0) is 12.8 Å². The zero-order valence-corrected chi connectivity index (χ0v) is 12.3. The highest BCUT2D eigenvalue weighted by Gasteiger charge is 2.19. The minimum absolute atomic E-state index is 0.599. The number of rotatable bonds is 5. The van der Waals surface area contributed by atoms with Gasteiger partial charge in [-0.15, -0.1) is 11.3 Å². The van der Waals surface area contributed by atoms with E-state index >= 15 is 0 Å². The first-order valence-corrected chi connectivity index (χ1v) is 7.75. The van der Waals surface area contributed by atoms with Gasteiger partial charge in [0, 0.05) is 50.7 Å². The molecule has 7 heteroatoms. The van der Waals surface area contributed by atoms with E-state index in [4.69, 9.17) is 11.0 Å². The fraction of sp³-hybridized carbons (Fsp3) is 0.615. The number of nitriles is 1. The quantitative estimate of drug-likeness (QED) is 0.502. The Bertz CT molecular complexity index is 456. The molecule has 0 amide bonds. The Kier molecular flexibility index (Phi) is 5.62. The summed E-state index contributed by atoms with van der Waals surface area (Å²) in [5.41, 5.74) is 6.01. The number of aliphatic imine (C=N–C) groups is 1. The second-order valence-electron chi connectivity index (χ2n) is 4.64. The van der Waals surface area contributed by atoms with Gasteiger partial charge in [-0.25, -0.2) is 4.98 Å². The third kappa shape index (κ3) is 4.10. The van der Waals surface area contributed by atoms with Gasteiger partial charge >= 0.3 is 0 Å². The maximum Gasteiger partial charge on any atom is 0.191 e. The summed E-state index contributed by atoms with van der Waals surface area (Å²) in [6, 6.07) is 2.14. The number of nitrogens with two attached hydrogens (primary N) is 1. The lowest BCUT2D eigenvalue weighted by Crippen LogP contribution is -2.51. The predicted molar refractivity (Wildman–Crippen MR) is 81.9 cm³/mol. The normalized spacial score (nSPS) is 16.2. The van der Waals surface area contributed by atoms with Crippen molar-refractivity contribution in [2.24, 2.45) is 10.7 Å². The fourth-order valence-corrected chi connectivity index (χ4v) is 2.81. The van der Waals surface area contributed by atoms with E-state index in [1.165, 1.54) is 0 Å². The van der Waals surface area contributed by atoms with Crippen LogP contribution in [0.5, 0.6) is 0 Å². The average molecular weight is 292 g/mol.